The summed E-state index contributed by atoms with van der Waals surface area (Å²) < 4.78 is 21.9. The van der Waals surface area contributed by atoms with E-state index < -0.39 is 41.8 Å². The summed E-state index contributed by atoms with van der Waals surface area (Å²) in [4.78, 5) is 23.0. The minimum absolute atomic E-state index is 0.0621. The van der Waals surface area contributed by atoms with Crippen LogP contribution in [0.2, 0.25) is 0 Å². The fraction of sp³-hybridized carbons (Fsp3) is 0.231. The smallest absolute Gasteiger partial charge is 0.330 e. The summed E-state index contributed by atoms with van der Waals surface area (Å²) in [7, 11) is 0. The van der Waals surface area contributed by atoms with Crippen LogP contribution < -0.4 is 9.47 Å². The molecule has 0 aromatic heterocycles. The van der Waals surface area contributed by atoms with E-state index in [4.69, 9.17) is 18.9 Å². The van der Waals surface area contributed by atoms with Gasteiger partial charge in [0.15, 0.2) is 0 Å². The van der Waals surface area contributed by atoms with Gasteiger partial charge in [0.05, 0.1) is 5.41 Å². The summed E-state index contributed by atoms with van der Waals surface area (Å²) >= 11 is 0. The second-order valence-electron chi connectivity index (χ2n) is 11.3. The molecule has 0 spiro atoms. The van der Waals surface area contributed by atoms with Crippen LogP contribution in [0.25, 0.3) is 11.1 Å². The normalized spacial score (nSPS) is 15.1. The number of carbonyl (C=O) groups excluding carboxylic acids is 2. The largest absolute Gasteiger partial charge is 0.491 e. The third-order valence-electron chi connectivity index (χ3n) is 8.39. The van der Waals surface area contributed by atoms with Crippen molar-refractivity contribution in [2.45, 2.75) is 43.7 Å². The minimum atomic E-state index is -1.02. The van der Waals surface area contributed by atoms with Crippen LogP contribution in [0.5, 0.6) is 11.5 Å². The van der Waals surface area contributed by atoms with Crippen molar-refractivity contribution in [2.24, 2.45) is 0 Å². The van der Waals surface area contributed by atoms with E-state index in [1.165, 1.54) is 0 Å². The zero-order valence-electron chi connectivity index (χ0n) is 26.4. The fourth-order valence-corrected chi connectivity index (χ4v) is 5.88. The second kappa shape index (κ2) is 14.5. The van der Waals surface area contributed by atoms with Crippen molar-refractivity contribution in [3.05, 3.63) is 145 Å². The van der Waals surface area contributed by atoms with Gasteiger partial charge in [-0.2, -0.15) is 0 Å². The van der Waals surface area contributed by atoms with Crippen molar-refractivity contribution in [1.29, 1.82) is 0 Å². The predicted molar refractivity (Wildman–Crippen MR) is 178 cm³/mol. The molecule has 0 bridgehead atoms. The summed E-state index contributed by atoms with van der Waals surface area (Å²) in [5.74, 6) is -0.108. The lowest BCUT2D eigenvalue weighted by Gasteiger charge is -2.34. The molecule has 4 atom stereocenters. The first-order chi connectivity index (χ1) is 22.7. The number of esters is 2. The number of benzene rings is 4. The van der Waals surface area contributed by atoms with E-state index in [-0.39, 0.29) is 13.2 Å². The highest BCUT2D eigenvalue weighted by molar-refractivity contribution is 5.86. The molecular weight excluding hydrogens is 596 g/mol. The zero-order chi connectivity index (χ0) is 33.6. The van der Waals surface area contributed by atoms with Crippen LogP contribution in [0.3, 0.4) is 0 Å². The number of hydrogen-bond acceptors (Lipinski definition) is 8. The zero-order valence-corrected chi connectivity index (χ0v) is 26.4. The Balaban J connectivity index is 1.44. The molecule has 5 rings (SSSR count). The maximum atomic E-state index is 11.5. The Bertz CT molecular complexity index is 1600. The van der Waals surface area contributed by atoms with Crippen LogP contribution in [0.1, 0.15) is 36.1 Å². The molecule has 1 aliphatic rings. The molecular formula is C39H38O8. The number of rotatable bonds is 14. The number of fused-ring (bicyclic) bond motifs is 3. The van der Waals surface area contributed by atoms with Gasteiger partial charge >= 0.3 is 11.9 Å². The lowest BCUT2D eigenvalue weighted by atomic mass is 9.68. The summed E-state index contributed by atoms with van der Waals surface area (Å²) in [6, 6.07) is 32.3. The molecule has 0 aliphatic heterocycles. The monoisotopic (exact) mass is 634 g/mol. The second-order valence-corrected chi connectivity index (χ2v) is 11.3. The number of aliphatic hydroxyl groups excluding tert-OH is 2. The number of aliphatic hydroxyl groups is 2. The summed E-state index contributed by atoms with van der Waals surface area (Å²) in [6.45, 7) is 9.82. The van der Waals surface area contributed by atoms with Crippen molar-refractivity contribution in [1.82, 2.24) is 0 Å². The van der Waals surface area contributed by atoms with Crippen LogP contribution in [-0.2, 0) is 24.5 Å². The van der Waals surface area contributed by atoms with Gasteiger partial charge in [-0.1, -0.05) is 86.0 Å². The van der Waals surface area contributed by atoms with Gasteiger partial charge < -0.3 is 29.2 Å². The highest BCUT2D eigenvalue weighted by Gasteiger charge is 2.45. The Morgan fingerprint density at radius 3 is 1.36 bits per heavy atom. The van der Waals surface area contributed by atoms with Crippen molar-refractivity contribution in [3.8, 4) is 22.6 Å². The fourth-order valence-electron chi connectivity index (χ4n) is 5.88. The van der Waals surface area contributed by atoms with Crippen LogP contribution in [0, 0.1) is 0 Å². The first kappa shape index (κ1) is 33.2. The molecule has 0 heterocycles. The number of ether oxygens (including phenoxy) is 4. The van der Waals surface area contributed by atoms with Crippen molar-refractivity contribution in [2.75, 3.05) is 13.2 Å². The molecule has 4 unspecified atom stereocenters. The molecule has 0 amide bonds. The Kier molecular flexibility index (Phi) is 10.2. The molecule has 2 N–H and O–H groups in total. The molecule has 47 heavy (non-hydrogen) atoms. The lowest BCUT2D eigenvalue weighted by Crippen LogP contribution is -2.33. The van der Waals surface area contributed by atoms with Crippen molar-refractivity contribution < 1.29 is 38.7 Å². The molecule has 8 nitrogen and oxygen atoms in total. The Hall–Kier alpha value is -5.18. The molecule has 242 valence electrons. The van der Waals surface area contributed by atoms with Gasteiger partial charge in [-0.15, -0.1) is 0 Å². The number of hydrogen-bond donors (Lipinski definition) is 2. The first-order valence-corrected chi connectivity index (χ1v) is 15.4. The highest BCUT2D eigenvalue weighted by atomic mass is 16.6. The van der Waals surface area contributed by atoms with E-state index in [9.17, 15) is 19.8 Å². The van der Waals surface area contributed by atoms with E-state index in [0.29, 0.717) is 11.5 Å². The van der Waals surface area contributed by atoms with Gasteiger partial charge in [-0.3, -0.25) is 0 Å². The van der Waals surface area contributed by atoms with Gasteiger partial charge in [-0.05, 0) is 71.5 Å². The molecule has 0 fully saturated rings. The topological polar surface area (TPSA) is 112 Å². The molecule has 8 heteroatoms. The van der Waals surface area contributed by atoms with Gasteiger partial charge in [0, 0.05) is 12.2 Å². The average molecular weight is 635 g/mol. The molecule has 0 radical (unpaired) electrons. The molecule has 0 saturated carbocycles. The van der Waals surface area contributed by atoms with E-state index in [0.717, 1.165) is 45.5 Å². The Labute approximate surface area is 274 Å². The van der Waals surface area contributed by atoms with Crippen LogP contribution in [-0.4, -0.2) is 59.8 Å². The molecule has 0 saturated heterocycles. The van der Waals surface area contributed by atoms with Gasteiger partial charge in [0.1, 0.15) is 49.1 Å². The number of carbonyl (C=O) groups is 2. The Morgan fingerprint density at radius 2 is 1.00 bits per heavy atom. The first-order valence-electron chi connectivity index (χ1n) is 15.4. The SMILES string of the molecule is C=CC(=O)OC(C)C(O)COc1ccc(C2(c3ccc(OCC(O)C(C)OC(=O)C=C)cc3)c3ccccc3-c3ccccc32)cc1. The quantitative estimate of drug-likeness (QED) is 0.117. The van der Waals surface area contributed by atoms with E-state index >= 15 is 0 Å². The van der Waals surface area contributed by atoms with Gasteiger partial charge in [0.2, 0.25) is 0 Å². The third kappa shape index (κ3) is 6.84. The third-order valence-corrected chi connectivity index (χ3v) is 8.39. The average Bonchev–Trinajstić information content (AvgIpc) is 3.40. The van der Waals surface area contributed by atoms with Gasteiger partial charge in [0.25, 0.3) is 0 Å². The van der Waals surface area contributed by atoms with Crippen LogP contribution >= 0.6 is 0 Å². The standard InChI is InChI=1S/C39H38O8/c1-5-37(42)46-25(3)35(40)23-44-29-19-15-27(16-20-29)39(33-13-9-7-11-31(33)32-12-8-10-14-34(32)39)28-17-21-30(22-18-28)45-24-36(41)26(4)47-38(43)6-2/h5-22,25-26,35-36,40-41H,1-2,23-24H2,3-4H3. The van der Waals surface area contributed by atoms with E-state index in [1.807, 2.05) is 72.8 Å². The van der Waals surface area contributed by atoms with Crippen LogP contribution in [0.15, 0.2) is 122 Å². The van der Waals surface area contributed by atoms with Crippen molar-refractivity contribution >= 4 is 11.9 Å². The molecule has 4 aromatic carbocycles. The highest BCUT2D eigenvalue weighted by Crippen LogP contribution is 2.56. The van der Waals surface area contributed by atoms with E-state index in [1.54, 1.807) is 13.8 Å². The Morgan fingerprint density at radius 1 is 0.638 bits per heavy atom. The van der Waals surface area contributed by atoms with Crippen molar-refractivity contribution in [3.63, 3.8) is 0 Å². The summed E-state index contributed by atoms with van der Waals surface area (Å²) in [5.41, 5.74) is 5.90. The predicted octanol–water partition coefficient (Wildman–Crippen LogP) is 5.76. The van der Waals surface area contributed by atoms with Gasteiger partial charge in [-0.25, -0.2) is 9.59 Å². The minimum Gasteiger partial charge on any atom is -0.491 e. The summed E-state index contributed by atoms with van der Waals surface area (Å²) in [5, 5.41) is 20.9. The van der Waals surface area contributed by atoms with E-state index in [2.05, 4.69) is 37.4 Å². The maximum absolute atomic E-state index is 11.5. The maximum Gasteiger partial charge on any atom is 0.330 e. The lowest BCUT2D eigenvalue weighted by molar-refractivity contribution is -0.149. The summed E-state index contributed by atoms with van der Waals surface area (Å²) in [6.07, 6.45) is -1.46. The molecule has 4 aromatic rings. The van der Waals surface area contributed by atoms with Crippen LogP contribution in [0.4, 0.5) is 0 Å². The molecule has 1 aliphatic carbocycles.